The van der Waals surface area contributed by atoms with E-state index in [4.69, 9.17) is 9.31 Å². The molecule has 1 N–H and O–H groups in total. The van der Waals surface area contributed by atoms with E-state index in [1.807, 2.05) is 39.8 Å². The zero-order chi connectivity index (χ0) is 18.4. The molecule has 3 rings (SSSR count). The molecule has 7 heteroatoms. The number of nitrogens with zero attached hydrogens (tertiary/aromatic N) is 2. The lowest BCUT2D eigenvalue weighted by atomic mass is 9.79. The Morgan fingerprint density at radius 1 is 1.20 bits per heavy atom. The van der Waals surface area contributed by atoms with Gasteiger partial charge in [-0.3, -0.25) is 0 Å². The average Bonchev–Trinajstić information content (AvgIpc) is 2.75. The molecule has 2 heterocycles. The van der Waals surface area contributed by atoms with Crippen LogP contribution >= 0.6 is 0 Å². The number of amides is 1. The number of anilines is 1. The van der Waals surface area contributed by atoms with Crippen molar-refractivity contribution in [3.8, 4) is 0 Å². The van der Waals surface area contributed by atoms with Crippen molar-refractivity contribution in [1.82, 2.24) is 4.90 Å². The minimum atomic E-state index is -0.850. The number of carboxylic acid groups (broad SMARTS) is 1. The van der Waals surface area contributed by atoms with E-state index in [9.17, 15) is 9.90 Å². The first kappa shape index (κ1) is 18.1. The van der Waals surface area contributed by atoms with Crippen LogP contribution in [0.25, 0.3) is 0 Å². The summed E-state index contributed by atoms with van der Waals surface area (Å²) in [4.78, 5) is 14.9. The van der Waals surface area contributed by atoms with Gasteiger partial charge in [-0.25, -0.2) is 4.79 Å². The summed E-state index contributed by atoms with van der Waals surface area (Å²) in [6.45, 7) is 11.9. The van der Waals surface area contributed by atoms with E-state index in [1.54, 1.807) is 0 Å². The second kappa shape index (κ2) is 6.22. The molecule has 1 atom stereocenters. The molecule has 0 aromatic heterocycles. The van der Waals surface area contributed by atoms with Gasteiger partial charge in [0.15, 0.2) is 0 Å². The maximum atomic E-state index is 11.2. The molecule has 0 unspecified atom stereocenters. The molecule has 136 valence electrons. The first-order valence-electron chi connectivity index (χ1n) is 8.81. The number of piperazine rings is 1. The molecule has 6 nitrogen and oxygen atoms in total. The van der Waals surface area contributed by atoms with Gasteiger partial charge in [-0.2, -0.15) is 0 Å². The van der Waals surface area contributed by atoms with Crippen molar-refractivity contribution in [1.29, 1.82) is 0 Å². The molecule has 1 amide bonds. The van der Waals surface area contributed by atoms with Crippen molar-refractivity contribution < 1.29 is 19.2 Å². The van der Waals surface area contributed by atoms with Gasteiger partial charge in [0.25, 0.3) is 0 Å². The van der Waals surface area contributed by atoms with Crippen molar-refractivity contribution in [2.24, 2.45) is 0 Å². The number of hydrogen-bond acceptors (Lipinski definition) is 4. The molecule has 0 spiro atoms. The summed E-state index contributed by atoms with van der Waals surface area (Å²) >= 11 is 0. The molecule has 1 aromatic carbocycles. The SMILES string of the molecule is C[C@H]1CN(C(=O)O)CCN1c1cccc(B2OC(C)(C)C(C)(C)O2)c1. The maximum absolute atomic E-state index is 11.2. The van der Waals surface area contributed by atoms with E-state index in [2.05, 4.69) is 24.0 Å². The van der Waals surface area contributed by atoms with Crippen LogP contribution in [0.1, 0.15) is 34.6 Å². The van der Waals surface area contributed by atoms with E-state index in [0.29, 0.717) is 19.6 Å². The zero-order valence-corrected chi connectivity index (χ0v) is 15.7. The third kappa shape index (κ3) is 3.35. The molecule has 0 bridgehead atoms. The van der Waals surface area contributed by atoms with Gasteiger partial charge < -0.3 is 24.2 Å². The highest BCUT2D eigenvalue weighted by Crippen LogP contribution is 2.36. The molecule has 1 aromatic rings. The molecule has 2 aliphatic heterocycles. The van der Waals surface area contributed by atoms with Crippen LogP contribution in [0.5, 0.6) is 0 Å². The summed E-state index contributed by atoms with van der Waals surface area (Å²) in [7, 11) is -0.388. The minimum absolute atomic E-state index is 0.124. The van der Waals surface area contributed by atoms with Gasteiger partial charge in [-0.05, 0) is 52.2 Å². The molecule has 2 aliphatic rings. The molecular weight excluding hydrogens is 319 g/mol. The lowest BCUT2D eigenvalue weighted by Gasteiger charge is -2.40. The van der Waals surface area contributed by atoms with E-state index in [1.165, 1.54) is 4.90 Å². The quantitative estimate of drug-likeness (QED) is 0.832. The van der Waals surface area contributed by atoms with E-state index in [0.717, 1.165) is 11.2 Å². The lowest BCUT2D eigenvalue weighted by molar-refractivity contribution is 0.00578. The van der Waals surface area contributed by atoms with Crippen molar-refractivity contribution >= 4 is 24.4 Å². The van der Waals surface area contributed by atoms with Gasteiger partial charge in [0.05, 0.1) is 11.2 Å². The van der Waals surface area contributed by atoms with Crippen LogP contribution in [-0.4, -0.2) is 60.1 Å². The largest absolute Gasteiger partial charge is 0.494 e. The van der Waals surface area contributed by atoms with E-state index < -0.39 is 6.09 Å². The topological polar surface area (TPSA) is 62.2 Å². The van der Waals surface area contributed by atoms with Gasteiger partial charge in [-0.15, -0.1) is 0 Å². The van der Waals surface area contributed by atoms with Crippen LogP contribution in [0.15, 0.2) is 24.3 Å². The van der Waals surface area contributed by atoms with Gasteiger partial charge in [0.2, 0.25) is 0 Å². The summed E-state index contributed by atoms with van der Waals surface area (Å²) in [5, 5.41) is 9.17. The smallest absolute Gasteiger partial charge is 0.465 e. The Balaban J connectivity index is 1.78. The average molecular weight is 346 g/mol. The molecule has 0 radical (unpaired) electrons. The third-order valence-corrected chi connectivity index (χ3v) is 5.63. The van der Waals surface area contributed by atoms with Crippen molar-refractivity contribution in [3.05, 3.63) is 24.3 Å². The molecule has 25 heavy (non-hydrogen) atoms. The van der Waals surface area contributed by atoms with Crippen LogP contribution in [0.3, 0.4) is 0 Å². The summed E-state index contributed by atoms with van der Waals surface area (Å²) in [5.41, 5.74) is 1.33. The minimum Gasteiger partial charge on any atom is -0.465 e. The van der Waals surface area contributed by atoms with Crippen LogP contribution in [-0.2, 0) is 9.31 Å². The molecule has 2 fully saturated rings. The Kier molecular flexibility index (Phi) is 4.49. The summed E-state index contributed by atoms with van der Waals surface area (Å²) in [6.07, 6.45) is -0.850. The first-order valence-corrected chi connectivity index (χ1v) is 8.81. The van der Waals surface area contributed by atoms with Gasteiger partial charge in [0, 0.05) is 31.4 Å². The fourth-order valence-electron chi connectivity index (χ4n) is 3.34. The van der Waals surface area contributed by atoms with Crippen molar-refractivity contribution in [2.75, 3.05) is 24.5 Å². The fraction of sp³-hybridized carbons (Fsp3) is 0.611. The molecule has 0 aliphatic carbocycles. The van der Waals surface area contributed by atoms with E-state index >= 15 is 0 Å². The van der Waals surface area contributed by atoms with Crippen LogP contribution in [0, 0.1) is 0 Å². The number of benzene rings is 1. The second-order valence-electron chi connectivity index (χ2n) is 7.95. The number of carbonyl (C=O) groups is 1. The summed E-state index contributed by atoms with van der Waals surface area (Å²) < 4.78 is 12.3. The molecule has 0 saturated carbocycles. The Morgan fingerprint density at radius 3 is 2.40 bits per heavy atom. The Labute approximate surface area is 149 Å². The highest BCUT2D eigenvalue weighted by molar-refractivity contribution is 6.62. The predicted molar refractivity (Wildman–Crippen MR) is 98.6 cm³/mol. The predicted octanol–water partition coefficient (Wildman–Crippen LogP) is 2.17. The van der Waals surface area contributed by atoms with Crippen molar-refractivity contribution in [3.63, 3.8) is 0 Å². The molecular formula is C18H27BN2O4. The van der Waals surface area contributed by atoms with Crippen molar-refractivity contribution in [2.45, 2.75) is 51.9 Å². The monoisotopic (exact) mass is 346 g/mol. The number of rotatable bonds is 2. The Hall–Kier alpha value is -1.73. The van der Waals surface area contributed by atoms with E-state index in [-0.39, 0.29) is 24.4 Å². The number of hydrogen-bond donors (Lipinski definition) is 1. The Bertz CT molecular complexity index is 648. The standard InChI is InChI=1S/C18H27BN2O4/c1-13-12-20(16(22)23)9-10-21(13)15-8-6-7-14(11-15)19-24-17(2,3)18(4,5)25-19/h6-8,11,13H,9-10,12H2,1-5H3,(H,22,23)/t13-/m0/s1. The highest BCUT2D eigenvalue weighted by Gasteiger charge is 2.51. The maximum Gasteiger partial charge on any atom is 0.494 e. The normalized spacial score (nSPS) is 25.3. The van der Waals surface area contributed by atoms with Crippen LogP contribution in [0.4, 0.5) is 10.5 Å². The lowest BCUT2D eigenvalue weighted by Crippen LogP contribution is -2.53. The second-order valence-corrected chi connectivity index (χ2v) is 7.95. The third-order valence-electron chi connectivity index (χ3n) is 5.63. The summed E-state index contributed by atoms with van der Waals surface area (Å²) in [6, 6.07) is 8.30. The van der Waals surface area contributed by atoms with Gasteiger partial charge in [0.1, 0.15) is 0 Å². The fourth-order valence-corrected chi connectivity index (χ4v) is 3.34. The summed E-state index contributed by atoms with van der Waals surface area (Å²) in [5.74, 6) is 0. The zero-order valence-electron chi connectivity index (χ0n) is 15.7. The highest BCUT2D eigenvalue weighted by atomic mass is 16.7. The Morgan fingerprint density at radius 2 is 1.84 bits per heavy atom. The van der Waals surface area contributed by atoms with Gasteiger partial charge >= 0.3 is 13.2 Å². The van der Waals surface area contributed by atoms with Crippen LogP contribution in [0.2, 0.25) is 0 Å². The first-order chi connectivity index (χ1) is 11.6. The van der Waals surface area contributed by atoms with Gasteiger partial charge in [-0.1, -0.05) is 12.1 Å². The van der Waals surface area contributed by atoms with Crippen LogP contribution < -0.4 is 10.4 Å². The molecule has 2 saturated heterocycles.